The molecular weight excluding hydrogens is 328 g/mol. The molecule has 1 aromatic carbocycles. The van der Waals surface area contributed by atoms with Gasteiger partial charge in [-0.2, -0.15) is 0 Å². The van der Waals surface area contributed by atoms with E-state index >= 15 is 0 Å². The van der Waals surface area contributed by atoms with Crippen molar-refractivity contribution in [1.29, 1.82) is 0 Å². The summed E-state index contributed by atoms with van der Waals surface area (Å²) in [5.41, 5.74) is 3.28. The van der Waals surface area contributed by atoms with Crippen LogP contribution in [0.1, 0.15) is 11.3 Å². The van der Waals surface area contributed by atoms with Crippen LogP contribution < -0.4 is 4.87 Å². The van der Waals surface area contributed by atoms with E-state index in [1.807, 2.05) is 36.1 Å². The highest BCUT2D eigenvalue weighted by Crippen LogP contribution is 2.23. The lowest BCUT2D eigenvalue weighted by atomic mass is 10.1. The Labute approximate surface area is 143 Å². The molecule has 2 heterocycles. The molecule has 0 N–H and O–H groups in total. The van der Waals surface area contributed by atoms with Crippen LogP contribution >= 0.6 is 23.1 Å². The summed E-state index contributed by atoms with van der Waals surface area (Å²) < 4.78 is 3.80. The van der Waals surface area contributed by atoms with Gasteiger partial charge in [0.2, 0.25) is 0 Å². The maximum absolute atomic E-state index is 11.7. The molecule has 23 heavy (non-hydrogen) atoms. The molecule has 0 saturated carbocycles. The second-order valence-electron chi connectivity index (χ2n) is 5.38. The molecular formula is C16H18N4OS2. The molecule has 0 radical (unpaired) electrons. The first-order chi connectivity index (χ1) is 11.1. The number of hydrogen-bond acceptors (Lipinski definition) is 5. The van der Waals surface area contributed by atoms with Crippen molar-refractivity contribution in [3.05, 3.63) is 50.6 Å². The molecule has 3 aromatic rings. The molecule has 0 unspecified atom stereocenters. The number of thioether (sulfide) groups is 1. The SMILES string of the molecule is Cc1cccc(-c2nnc(SCCn3c(C)csc3=O)n2C)c1. The lowest BCUT2D eigenvalue weighted by Gasteiger charge is -2.06. The van der Waals surface area contributed by atoms with E-state index in [0.29, 0.717) is 6.54 Å². The first-order valence-corrected chi connectivity index (χ1v) is 9.17. The fraction of sp³-hybridized carbons (Fsp3) is 0.312. The molecule has 0 amide bonds. The number of thiazole rings is 1. The molecule has 7 heteroatoms. The Morgan fingerprint density at radius 1 is 1.26 bits per heavy atom. The molecule has 0 saturated heterocycles. The largest absolute Gasteiger partial charge is 0.307 e. The maximum atomic E-state index is 11.7. The van der Waals surface area contributed by atoms with E-state index in [4.69, 9.17) is 0 Å². The number of benzene rings is 1. The van der Waals surface area contributed by atoms with Crippen LogP contribution in [0.25, 0.3) is 11.4 Å². The monoisotopic (exact) mass is 346 g/mol. The zero-order valence-corrected chi connectivity index (χ0v) is 14.9. The van der Waals surface area contributed by atoms with Crippen molar-refractivity contribution in [2.45, 2.75) is 25.5 Å². The zero-order chi connectivity index (χ0) is 16.4. The number of aromatic nitrogens is 4. The minimum absolute atomic E-state index is 0.0986. The van der Waals surface area contributed by atoms with Gasteiger partial charge in [-0.25, -0.2) is 0 Å². The van der Waals surface area contributed by atoms with Gasteiger partial charge in [-0.15, -0.1) is 10.2 Å². The third-order valence-electron chi connectivity index (χ3n) is 3.63. The van der Waals surface area contributed by atoms with Gasteiger partial charge in [0.25, 0.3) is 0 Å². The summed E-state index contributed by atoms with van der Waals surface area (Å²) in [6.07, 6.45) is 0. The van der Waals surface area contributed by atoms with E-state index in [1.165, 1.54) is 16.9 Å². The minimum Gasteiger partial charge on any atom is -0.305 e. The normalized spacial score (nSPS) is 11.1. The quantitative estimate of drug-likeness (QED) is 0.666. The highest BCUT2D eigenvalue weighted by molar-refractivity contribution is 7.99. The van der Waals surface area contributed by atoms with Gasteiger partial charge in [0.1, 0.15) is 0 Å². The zero-order valence-electron chi connectivity index (χ0n) is 13.3. The number of aryl methyl sites for hydroxylation is 2. The Morgan fingerprint density at radius 2 is 2.09 bits per heavy atom. The van der Waals surface area contributed by atoms with Crippen molar-refractivity contribution >= 4 is 23.1 Å². The maximum Gasteiger partial charge on any atom is 0.307 e. The van der Waals surface area contributed by atoms with E-state index in [9.17, 15) is 4.79 Å². The van der Waals surface area contributed by atoms with E-state index < -0.39 is 0 Å². The molecule has 5 nitrogen and oxygen atoms in total. The lowest BCUT2D eigenvalue weighted by Crippen LogP contribution is -2.15. The van der Waals surface area contributed by atoms with Crippen LogP contribution in [0.2, 0.25) is 0 Å². The fourth-order valence-corrected chi connectivity index (χ4v) is 3.98. The number of hydrogen-bond donors (Lipinski definition) is 0. The van der Waals surface area contributed by atoms with Crippen LogP contribution in [-0.2, 0) is 13.6 Å². The van der Waals surface area contributed by atoms with Crippen LogP contribution in [0.5, 0.6) is 0 Å². The Kier molecular flexibility index (Phi) is 4.68. The summed E-state index contributed by atoms with van der Waals surface area (Å²) in [5.74, 6) is 1.65. The fourth-order valence-electron chi connectivity index (χ4n) is 2.38. The second-order valence-corrected chi connectivity index (χ2v) is 7.26. The van der Waals surface area contributed by atoms with E-state index in [0.717, 1.165) is 28.0 Å². The predicted molar refractivity (Wildman–Crippen MR) is 95.2 cm³/mol. The smallest absolute Gasteiger partial charge is 0.305 e. The van der Waals surface area contributed by atoms with Gasteiger partial charge in [-0.05, 0) is 19.9 Å². The van der Waals surface area contributed by atoms with E-state index in [1.54, 1.807) is 16.3 Å². The van der Waals surface area contributed by atoms with Crippen LogP contribution in [0.15, 0.2) is 39.6 Å². The van der Waals surface area contributed by atoms with Crippen LogP contribution in [0, 0.1) is 13.8 Å². The summed E-state index contributed by atoms with van der Waals surface area (Å²) >= 11 is 2.86. The second kappa shape index (κ2) is 6.72. The Morgan fingerprint density at radius 3 is 2.78 bits per heavy atom. The molecule has 0 aliphatic heterocycles. The van der Waals surface area contributed by atoms with Gasteiger partial charge in [0.15, 0.2) is 11.0 Å². The van der Waals surface area contributed by atoms with Crippen LogP contribution in [0.3, 0.4) is 0 Å². The first-order valence-electron chi connectivity index (χ1n) is 7.30. The third-order valence-corrected chi connectivity index (χ3v) is 5.52. The van der Waals surface area contributed by atoms with Crippen molar-refractivity contribution in [3.8, 4) is 11.4 Å². The molecule has 0 aliphatic carbocycles. The Hall–Kier alpha value is -1.86. The van der Waals surface area contributed by atoms with Gasteiger partial charge >= 0.3 is 4.87 Å². The highest BCUT2D eigenvalue weighted by Gasteiger charge is 2.11. The van der Waals surface area contributed by atoms with E-state index in [-0.39, 0.29) is 4.87 Å². The average Bonchev–Trinajstić information content (AvgIpc) is 3.04. The molecule has 3 rings (SSSR count). The predicted octanol–water partition coefficient (Wildman–Crippen LogP) is 3.11. The third kappa shape index (κ3) is 3.40. The molecule has 120 valence electrons. The Bertz CT molecular complexity index is 878. The van der Waals surface area contributed by atoms with Gasteiger partial charge in [0.05, 0.1) is 0 Å². The minimum atomic E-state index is 0.0986. The number of nitrogens with zero attached hydrogens (tertiary/aromatic N) is 4. The average molecular weight is 346 g/mol. The van der Waals surface area contributed by atoms with Crippen molar-refractivity contribution < 1.29 is 0 Å². The molecule has 0 spiro atoms. The van der Waals surface area contributed by atoms with E-state index in [2.05, 4.69) is 29.3 Å². The van der Waals surface area contributed by atoms with Crippen molar-refractivity contribution in [2.24, 2.45) is 7.05 Å². The van der Waals surface area contributed by atoms with Gasteiger partial charge < -0.3 is 9.13 Å². The molecule has 0 aliphatic rings. The molecule has 0 atom stereocenters. The van der Waals surface area contributed by atoms with Crippen molar-refractivity contribution in [1.82, 2.24) is 19.3 Å². The highest BCUT2D eigenvalue weighted by atomic mass is 32.2. The summed E-state index contributed by atoms with van der Waals surface area (Å²) in [6, 6.07) is 8.24. The Balaban J connectivity index is 1.72. The molecule has 0 fully saturated rings. The summed E-state index contributed by atoms with van der Waals surface area (Å²) in [6.45, 7) is 4.71. The first kappa shape index (κ1) is 16.0. The standard InChI is InChI=1S/C16H18N4OS2/c1-11-5-4-6-13(9-11)14-17-18-15(19(14)3)22-8-7-20-12(2)10-23-16(20)21/h4-6,9-10H,7-8H2,1-3H3. The molecule has 2 aromatic heterocycles. The summed E-state index contributed by atoms with van der Waals surface area (Å²) in [4.78, 5) is 11.8. The topological polar surface area (TPSA) is 52.7 Å². The van der Waals surface area contributed by atoms with Crippen LogP contribution in [0.4, 0.5) is 0 Å². The number of rotatable bonds is 5. The lowest BCUT2D eigenvalue weighted by molar-refractivity contribution is 0.726. The van der Waals surface area contributed by atoms with Crippen molar-refractivity contribution in [2.75, 3.05) is 5.75 Å². The van der Waals surface area contributed by atoms with Gasteiger partial charge in [0, 0.05) is 36.0 Å². The summed E-state index contributed by atoms with van der Waals surface area (Å²) in [5, 5.41) is 11.3. The van der Waals surface area contributed by atoms with Gasteiger partial charge in [-0.3, -0.25) is 4.79 Å². The van der Waals surface area contributed by atoms with Crippen LogP contribution in [-0.4, -0.2) is 25.1 Å². The van der Waals surface area contributed by atoms with Crippen molar-refractivity contribution in [3.63, 3.8) is 0 Å². The molecule has 0 bridgehead atoms. The van der Waals surface area contributed by atoms with Gasteiger partial charge in [-0.1, -0.05) is 46.9 Å². The summed E-state index contributed by atoms with van der Waals surface area (Å²) in [7, 11) is 1.97.